The Morgan fingerprint density at radius 1 is 1.19 bits per heavy atom. The molecule has 2 aromatic heterocycles. The fourth-order valence-corrected chi connectivity index (χ4v) is 4.30. The number of nitrogens with zero attached hydrogens (tertiary/aromatic N) is 3. The lowest BCUT2D eigenvalue weighted by Crippen LogP contribution is -2.41. The summed E-state index contributed by atoms with van der Waals surface area (Å²) in [7, 11) is 1.29. The lowest BCUT2D eigenvalue weighted by atomic mass is 9.77. The number of hydrogen-bond acceptors (Lipinski definition) is 5. The number of ether oxygens (including phenoxy) is 2. The van der Waals surface area contributed by atoms with Crippen molar-refractivity contribution in [2.24, 2.45) is 0 Å². The molecule has 32 heavy (non-hydrogen) atoms. The molecule has 0 amide bonds. The van der Waals surface area contributed by atoms with Gasteiger partial charge in [-0.15, -0.1) is 10.2 Å². The number of aliphatic hydroxyl groups is 1. The molecule has 2 heterocycles. The van der Waals surface area contributed by atoms with Crippen LogP contribution in [-0.2, 0) is 10.9 Å². The summed E-state index contributed by atoms with van der Waals surface area (Å²) in [6.45, 7) is 4.65. The summed E-state index contributed by atoms with van der Waals surface area (Å²) in [5.41, 5.74) is -0.242. The van der Waals surface area contributed by atoms with Crippen LogP contribution >= 0.6 is 0 Å². The summed E-state index contributed by atoms with van der Waals surface area (Å²) >= 11 is 0. The van der Waals surface area contributed by atoms with Crippen LogP contribution in [0, 0.1) is 19.7 Å². The minimum absolute atomic E-state index is 0.0761. The van der Waals surface area contributed by atoms with E-state index in [2.05, 4.69) is 10.2 Å². The molecule has 6 nitrogen and oxygen atoms in total. The second kappa shape index (κ2) is 7.70. The smallest absolute Gasteiger partial charge is 0.419 e. The van der Waals surface area contributed by atoms with Crippen LogP contribution in [0.25, 0.3) is 22.3 Å². The predicted octanol–water partition coefficient (Wildman–Crippen LogP) is 4.94. The first kappa shape index (κ1) is 22.5. The van der Waals surface area contributed by atoms with Gasteiger partial charge in [0.2, 0.25) is 0 Å². The van der Waals surface area contributed by atoms with Crippen LogP contribution < -0.4 is 4.74 Å². The minimum Gasteiger partial charge on any atom is -0.464 e. The normalized spacial score (nSPS) is 21.1. The molecule has 1 aromatic carbocycles. The zero-order valence-electron chi connectivity index (χ0n) is 18.0. The maximum Gasteiger partial charge on any atom is 0.419 e. The Hall–Kier alpha value is -2.72. The van der Waals surface area contributed by atoms with Crippen LogP contribution in [0.3, 0.4) is 0 Å². The molecule has 1 aliphatic rings. The standard InChI is InChI=1S/C22H23F4N3O3/c1-11-5-15(22(24,25)26)18(23)19(32-10-31-4)17(11)16-6-14-12(2)9-29(20(14)28-27-16)13-7-21(3,30)8-13/h5-6,9,13,30H,7-8,10H2,1-4H3. The van der Waals surface area contributed by atoms with Gasteiger partial charge in [-0.3, -0.25) is 0 Å². The highest BCUT2D eigenvalue weighted by Gasteiger charge is 2.40. The predicted molar refractivity (Wildman–Crippen MR) is 109 cm³/mol. The first-order valence-electron chi connectivity index (χ1n) is 10.0. The van der Waals surface area contributed by atoms with Crippen molar-refractivity contribution < 1.29 is 32.1 Å². The number of aryl methyl sites for hydroxylation is 2. The largest absolute Gasteiger partial charge is 0.464 e. The van der Waals surface area contributed by atoms with Crippen molar-refractivity contribution in [3.63, 3.8) is 0 Å². The molecule has 0 atom stereocenters. The van der Waals surface area contributed by atoms with E-state index in [1.807, 2.05) is 17.7 Å². The highest BCUT2D eigenvalue weighted by atomic mass is 19.4. The summed E-state index contributed by atoms with van der Waals surface area (Å²) in [5.74, 6) is -2.11. The van der Waals surface area contributed by atoms with Gasteiger partial charge in [-0.1, -0.05) is 0 Å². The van der Waals surface area contributed by atoms with Crippen LogP contribution in [0.15, 0.2) is 18.3 Å². The molecule has 0 spiro atoms. The summed E-state index contributed by atoms with van der Waals surface area (Å²) in [4.78, 5) is 0. The summed E-state index contributed by atoms with van der Waals surface area (Å²) in [5, 5.41) is 19.3. The van der Waals surface area contributed by atoms with Gasteiger partial charge in [0, 0.05) is 24.7 Å². The van der Waals surface area contributed by atoms with Crippen molar-refractivity contribution in [3.8, 4) is 17.0 Å². The van der Waals surface area contributed by atoms with Gasteiger partial charge in [0.25, 0.3) is 0 Å². The van der Waals surface area contributed by atoms with Crippen molar-refractivity contribution in [2.45, 2.75) is 51.4 Å². The molecule has 3 aromatic rings. The average molecular weight is 453 g/mol. The number of halogens is 4. The Bertz CT molecular complexity index is 1180. The lowest BCUT2D eigenvalue weighted by Gasteiger charge is -2.41. The maximum atomic E-state index is 14.9. The van der Waals surface area contributed by atoms with E-state index < -0.39 is 35.7 Å². The van der Waals surface area contributed by atoms with Gasteiger partial charge in [-0.05, 0) is 56.9 Å². The maximum absolute atomic E-state index is 14.9. The molecule has 1 aliphatic carbocycles. The van der Waals surface area contributed by atoms with Crippen LogP contribution in [0.5, 0.6) is 5.75 Å². The van der Waals surface area contributed by atoms with Gasteiger partial charge in [-0.25, -0.2) is 4.39 Å². The summed E-state index contributed by atoms with van der Waals surface area (Å²) in [6, 6.07) is 2.48. The monoisotopic (exact) mass is 453 g/mol. The third kappa shape index (κ3) is 3.81. The van der Waals surface area contributed by atoms with Gasteiger partial charge in [-0.2, -0.15) is 13.2 Å². The van der Waals surface area contributed by atoms with Gasteiger partial charge in [0.15, 0.2) is 24.0 Å². The molecule has 0 unspecified atom stereocenters. The zero-order chi connectivity index (χ0) is 23.4. The minimum atomic E-state index is -4.88. The third-order valence-electron chi connectivity index (χ3n) is 5.82. The Kier molecular flexibility index (Phi) is 5.41. The number of hydrogen-bond donors (Lipinski definition) is 1. The van der Waals surface area contributed by atoms with Crippen LogP contribution in [-0.4, -0.2) is 39.4 Å². The van der Waals surface area contributed by atoms with Crippen LogP contribution in [0.4, 0.5) is 17.6 Å². The molecule has 1 saturated carbocycles. The van der Waals surface area contributed by atoms with Crippen LogP contribution in [0.1, 0.15) is 42.5 Å². The molecule has 1 N–H and O–H groups in total. The molecule has 0 saturated heterocycles. The fraction of sp³-hybridized carbons (Fsp3) is 0.455. The topological polar surface area (TPSA) is 69.4 Å². The van der Waals surface area contributed by atoms with Crippen molar-refractivity contribution >= 4 is 11.0 Å². The molecule has 0 aliphatic heterocycles. The Balaban J connectivity index is 1.85. The molecular weight excluding hydrogens is 430 g/mol. The Morgan fingerprint density at radius 3 is 2.47 bits per heavy atom. The molecule has 0 bridgehead atoms. The second-order valence-electron chi connectivity index (χ2n) is 8.55. The van der Waals surface area contributed by atoms with Crippen molar-refractivity contribution in [3.05, 3.63) is 40.8 Å². The van der Waals surface area contributed by atoms with Crippen molar-refractivity contribution in [2.75, 3.05) is 13.9 Å². The van der Waals surface area contributed by atoms with E-state index in [9.17, 15) is 22.7 Å². The van der Waals surface area contributed by atoms with Gasteiger partial charge in [0.05, 0.1) is 22.4 Å². The highest BCUT2D eigenvalue weighted by Crippen LogP contribution is 2.45. The second-order valence-corrected chi connectivity index (χ2v) is 8.55. The van der Waals surface area contributed by atoms with E-state index >= 15 is 0 Å². The van der Waals surface area contributed by atoms with Crippen molar-refractivity contribution in [1.29, 1.82) is 0 Å². The fourth-order valence-electron chi connectivity index (χ4n) is 4.30. The van der Waals surface area contributed by atoms with Crippen molar-refractivity contribution in [1.82, 2.24) is 14.8 Å². The zero-order valence-corrected chi connectivity index (χ0v) is 18.0. The van der Waals surface area contributed by atoms with E-state index in [4.69, 9.17) is 9.47 Å². The number of rotatable bonds is 5. The Labute approximate surface area is 181 Å². The van der Waals surface area contributed by atoms with E-state index in [0.29, 0.717) is 18.5 Å². The van der Waals surface area contributed by atoms with E-state index in [0.717, 1.165) is 17.0 Å². The lowest BCUT2D eigenvalue weighted by molar-refractivity contribution is -0.140. The number of alkyl halides is 3. The number of fused-ring (bicyclic) bond motifs is 1. The number of methoxy groups -OCH3 is 1. The Morgan fingerprint density at radius 2 is 1.88 bits per heavy atom. The van der Waals surface area contributed by atoms with E-state index in [1.165, 1.54) is 14.0 Å². The van der Waals surface area contributed by atoms with Gasteiger partial charge in [0.1, 0.15) is 0 Å². The van der Waals surface area contributed by atoms with Gasteiger partial charge < -0.3 is 19.1 Å². The highest BCUT2D eigenvalue weighted by molar-refractivity contribution is 5.85. The molecule has 4 rings (SSSR count). The average Bonchev–Trinajstić information content (AvgIpc) is 3.01. The molecular formula is C22H23F4N3O3. The molecule has 172 valence electrons. The quantitative estimate of drug-likeness (QED) is 0.438. The summed E-state index contributed by atoms with van der Waals surface area (Å²) in [6.07, 6.45) is -1.81. The van der Waals surface area contributed by atoms with E-state index in [1.54, 1.807) is 13.0 Å². The first-order chi connectivity index (χ1) is 14.9. The summed E-state index contributed by atoms with van der Waals surface area (Å²) < 4.78 is 66.8. The van der Waals surface area contributed by atoms with Gasteiger partial charge >= 0.3 is 6.18 Å². The molecule has 0 radical (unpaired) electrons. The SMILES string of the molecule is COCOc1c(F)c(C(F)(F)F)cc(C)c1-c1cc2c(C)cn(C3CC(C)(O)C3)c2nn1. The number of aromatic nitrogens is 3. The number of benzene rings is 1. The first-order valence-corrected chi connectivity index (χ1v) is 10.0. The molecule has 1 fully saturated rings. The van der Waals surface area contributed by atoms with E-state index in [-0.39, 0.29) is 22.9 Å². The molecule has 10 heteroatoms. The van der Waals surface area contributed by atoms with Crippen LogP contribution in [0.2, 0.25) is 0 Å². The third-order valence-corrected chi connectivity index (χ3v) is 5.82.